The topological polar surface area (TPSA) is 55.1 Å². The van der Waals surface area contributed by atoms with E-state index in [0.717, 1.165) is 18.4 Å². The molecule has 2 aromatic heterocycles. The molecule has 0 unspecified atom stereocenters. The fraction of sp³-hybridized carbons (Fsp3) is 0.385. The molecule has 2 rings (SSSR count). The number of thiophene rings is 1. The van der Waals surface area contributed by atoms with Gasteiger partial charge in [0.05, 0.1) is 6.04 Å². The number of carboxylic acids is 1. The molecular formula is C13H16N2O2S. The second-order valence-corrected chi connectivity index (χ2v) is 4.94. The van der Waals surface area contributed by atoms with E-state index in [1.165, 1.54) is 0 Å². The minimum atomic E-state index is -0.923. The van der Waals surface area contributed by atoms with Gasteiger partial charge in [-0.3, -0.25) is 4.68 Å². The van der Waals surface area contributed by atoms with Gasteiger partial charge in [0.1, 0.15) is 11.3 Å². The summed E-state index contributed by atoms with van der Waals surface area (Å²) in [5, 5.41) is 17.6. The Morgan fingerprint density at radius 1 is 1.50 bits per heavy atom. The Labute approximate surface area is 110 Å². The molecule has 96 valence electrons. The smallest absolute Gasteiger partial charge is 0.339 e. The number of hydrogen-bond acceptors (Lipinski definition) is 3. The second-order valence-electron chi connectivity index (χ2n) is 4.16. The Balaban J connectivity index is 2.48. The van der Waals surface area contributed by atoms with Crippen LogP contribution < -0.4 is 0 Å². The first-order valence-corrected chi connectivity index (χ1v) is 6.96. The van der Waals surface area contributed by atoms with Gasteiger partial charge in [-0.05, 0) is 24.3 Å². The van der Waals surface area contributed by atoms with Crippen LogP contribution in [-0.2, 0) is 0 Å². The molecule has 0 aliphatic carbocycles. The minimum absolute atomic E-state index is 0.260. The molecule has 2 aromatic rings. The predicted molar refractivity (Wildman–Crippen MR) is 72.1 cm³/mol. The second kappa shape index (κ2) is 5.35. The SMILES string of the molecule is CCC(CC)n1cc(C(=O)O)c(-c2ccsc2)n1. The predicted octanol–water partition coefficient (Wildman–Crippen LogP) is 3.67. The van der Waals surface area contributed by atoms with Crippen molar-refractivity contribution in [2.24, 2.45) is 0 Å². The average Bonchev–Trinajstić information content (AvgIpc) is 2.98. The highest BCUT2D eigenvalue weighted by Crippen LogP contribution is 2.27. The van der Waals surface area contributed by atoms with Crippen molar-refractivity contribution in [2.45, 2.75) is 32.7 Å². The van der Waals surface area contributed by atoms with E-state index < -0.39 is 5.97 Å². The summed E-state index contributed by atoms with van der Waals surface area (Å²) in [5.74, 6) is -0.923. The van der Waals surface area contributed by atoms with E-state index in [2.05, 4.69) is 18.9 Å². The standard InChI is InChI=1S/C13H16N2O2S/c1-3-10(4-2)15-7-11(13(16)17)12(14-15)9-5-6-18-8-9/h5-8,10H,3-4H2,1-2H3,(H,16,17). The maximum absolute atomic E-state index is 11.3. The molecule has 0 radical (unpaired) electrons. The normalized spacial score (nSPS) is 11.1. The molecule has 0 spiro atoms. The van der Waals surface area contributed by atoms with Gasteiger partial charge in [0, 0.05) is 17.1 Å². The van der Waals surface area contributed by atoms with Gasteiger partial charge in [-0.2, -0.15) is 16.4 Å². The van der Waals surface area contributed by atoms with Gasteiger partial charge in [-0.1, -0.05) is 13.8 Å². The Hall–Kier alpha value is -1.62. The van der Waals surface area contributed by atoms with Gasteiger partial charge in [0.2, 0.25) is 0 Å². The molecule has 2 heterocycles. The van der Waals surface area contributed by atoms with E-state index in [-0.39, 0.29) is 11.6 Å². The van der Waals surface area contributed by atoms with E-state index in [1.807, 2.05) is 16.8 Å². The van der Waals surface area contributed by atoms with E-state index in [0.29, 0.717) is 5.69 Å². The fourth-order valence-corrected chi connectivity index (χ4v) is 2.65. The highest BCUT2D eigenvalue weighted by atomic mass is 32.1. The maximum atomic E-state index is 11.3. The summed E-state index contributed by atoms with van der Waals surface area (Å²) in [6.07, 6.45) is 3.54. The van der Waals surface area contributed by atoms with Crippen LogP contribution in [-0.4, -0.2) is 20.9 Å². The molecule has 1 N–H and O–H groups in total. The Morgan fingerprint density at radius 2 is 2.22 bits per heavy atom. The molecule has 18 heavy (non-hydrogen) atoms. The quantitative estimate of drug-likeness (QED) is 0.896. The number of aromatic nitrogens is 2. The zero-order valence-corrected chi connectivity index (χ0v) is 11.3. The van der Waals surface area contributed by atoms with Crippen LogP contribution in [0.5, 0.6) is 0 Å². The molecule has 0 atom stereocenters. The third-order valence-corrected chi connectivity index (χ3v) is 3.76. The summed E-state index contributed by atoms with van der Waals surface area (Å²) in [5.41, 5.74) is 1.72. The summed E-state index contributed by atoms with van der Waals surface area (Å²) in [4.78, 5) is 11.3. The average molecular weight is 264 g/mol. The van der Waals surface area contributed by atoms with Crippen LogP contribution in [0.1, 0.15) is 43.1 Å². The number of aromatic carboxylic acids is 1. The van der Waals surface area contributed by atoms with Crippen molar-refractivity contribution in [3.8, 4) is 11.3 Å². The Morgan fingerprint density at radius 3 is 2.72 bits per heavy atom. The van der Waals surface area contributed by atoms with Gasteiger partial charge in [-0.25, -0.2) is 4.79 Å². The first kappa shape index (κ1) is 12.8. The zero-order valence-electron chi connectivity index (χ0n) is 10.5. The van der Waals surface area contributed by atoms with Crippen molar-refractivity contribution in [1.29, 1.82) is 0 Å². The van der Waals surface area contributed by atoms with E-state index in [1.54, 1.807) is 22.2 Å². The molecule has 0 fully saturated rings. The molecule has 0 aromatic carbocycles. The minimum Gasteiger partial charge on any atom is -0.478 e. The first-order chi connectivity index (χ1) is 8.67. The monoisotopic (exact) mass is 264 g/mol. The van der Waals surface area contributed by atoms with E-state index in [9.17, 15) is 9.90 Å². The lowest BCUT2D eigenvalue weighted by Crippen LogP contribution is -2.07. The van der Waals surface area contributed by atoms with Crippen molar-refractivity contribution < 1.29 is 9.90 Å². The molecule has 0 saturated heterocycles. The molecule has 0 amide bonds. The van der Waals surface area contributed by atoms with Crippen molar-refractivity contribution in [2.75, 3.05) is 0 Å². The summed E-state index contributed by atoms with van der Waals surface area (Å²) in [6.45, 7) is 4.17. The lowest BCUT2D eigenvalue weighted by Gasteiger charge is -2.12. The molecule has 0 saturated carbocycles. The maximum Gasteiger partial charge on any atom is 0.339 e. The van der Waals surface area contributed by atoms with Gasteiger partial charge in [0.15, 0.2) is 0 Å². The molecular weight excluding hydrogens is 248 g/mol. The molecule has 0 aliphatic heterocycles. The molecule has 5 heteroatoms. The van der Waals surface area contributed by atoms with Gasteiger partial charge < -0.3 is 5.11 Å². The van der Waals surface area contributed by atoms with Crippen LogP contribution in [0, 0.1) is 0 Å². The highest BCUT2D eigenvalue weighted by molar-refractivity contribution is 7.08. The largest absolute Gasteiger partial charge is 0.478 e. The van der Waals surface area contributed by atoms with Gasteiger partial charge >= 0.3 is 5.97 Å². The van der Waals surface area contributed by atoms with E-state index >= 15 is 0 Å². The summed E-state index contributed by atoms with van der Waals surface area (Å²) < 4.78 is 1.79. The van der Waals surface area contributed by atoms with Crippen LogP contribution in [0.2, 0.25) is 0 Å². The Bertz CT molecular complexity index is 527. The highest BCUT2D eigenvalue weighted by Gasteiger charge is 2.19. The summed E-state index contributed by atoms with van der Waals surface area (Å²) in [6, 6.07) is 2.16. The summed E-state index contributed by atoms with van der Waals surface area (Å²) in [7, 11) is 0. The van der Waals surface area contributed by atoms with Gasteiger partial charge in [-0.15, -0.1) is 0 Å². The van der Waals surface area contributed by atoms with Gasteiger partial charge in [0.25, 0.3) is 0 Å². The molecule has 4 nitrogen and oxygen atoms in total. The van der Waals surface area contributed by atoms with Crippen molar-refractivity contribution in [3.63, 3.8) is 0 Å². The molecule has 0 bridgehead atoms. The van der Waals surface area contributed by atoms with E-state index in [4.69, 9.17) is 0 Å². The Kier molecular flexibility index (Phi) is 3.81. The van der Waals surface area contributed by atoms with Crippen molar-refractivity contribution in [3.05, 3.63) is 28.6 Å². The fourth-order valence-electron chi connectivity index (χ4n) is 2.01. The van der Waals surface area contributed by atoms with Crippen LogP contribution in [0.4, 0.5) is 0 Å². The summed E-state index contributed by atoms with van der Waals surface area (Å²) >= 11 is 1.54. The third-order valence-electron chi connectivity index (χ3n) is 3.07. The first-order valence-electron chi connectivity index (χ1n) is 6.02. The van der Waals surface area contributed by atoms with Crippen LogP contribution in [0.3, 0.4) is 0 Å². The number of carbonyl (C=O) groups is 1. The van der Waals surface area contributed by atoms with Crippen molar-refractivity contribution in [1.82, 2.24) is 9.78 Å². The van der Waals surface area contributed by atoms with Crippen LogP contribution >= 0.6 is 11.3 Å². The van der Waals surface area contributed by atoms with Crippen LogP contribution in [0.25, 0.3) is 11.3 Å². The lowest BCUT2D eigenvalue weighted by molar-refractivity contribution is 0.0697. The zero-order chi connectivity index (χ0) is 13.1. The lowest BCUT2D eigenvalue weighted by atomic mass is 10.1. The number of nitrogens with zero attached hydrogens (tertiary/aromatic N) is 2. The van der Waals surface area contributed by atoms with Crippen LogP contribution in [0.15, 0.2) is 23.0 Å². The number of rotatable bonds is 5. The third kappa shape index (κ3) is 2.31. The number of hydrogen-bond donors (Lipinski definition) is 1. The molecule has 0 aliphatic rings. The van der Waals surface area contributed by atoms with Crippen molar-refractivity contribution >= 4 is 17.3 Å². The number of carboxylic acid groups (broad SMARTS) is 1.